The lowest BCUT2D eigenvalue weighted by atomic mass is 10.1. The molecule has 0 aromatic carbocycles. The Kier molecular flexibility index (Phi) is 4.26. The SMILES string of the molecule is Cc1nn(C)c2nc(C=Cc3nccn3CC(F)(F)F)cc(C(=O)O)c12. The Morgan fingerprint density at radius 3 is 2.73 bits per heavy atom. The molecule has 10 heteroatoms. The van der Waals surface area contributed by atoms with Crippen LogP contribution in [0, 0.1) is 6.92 Å². The van der Waals surface area contributed by atoms with Gasteiger partial charge < -0.3 is 9.67 Å². The molecule has 3 aromatic rings. The monoisotopic (exact) mass is 365 g/mol. The maximum absolute atomic E-state index is 12.6. The average Bonchev–Trinajstić information content (AvgIpc) is 3.07. The van der Waals surface area contributed by atoms with Crippen LogP contribution in [-0.4, -0.2) is 41.6 Å². The highest BCUT2D eigenvalue weighted by Gasteiger charge is 2.28. The van der Waals surface area contributed by atoms with Crippen LogP contribution in [0.5, 0.6) is 0 Å². The summed E-state index contributed by atoms with van der Waals surface area (Å²) < 4.78 is 40.1. The van der Waals surface area contributed by atoms with Crippen molar-refractivity contribution in [1.29, 1.82) is 0 Å². The predicted molar refractivity (Wildman–Crippen MR) is 87.4 cm³/mol. The predicted octanol–water partition coefficient (Wildman–Crippen LogP) is 2.90. The van der Waals surface area contributed by atoms with E-state index in [9.17, 15) is 23.1 Å². The summed E-state index contributed by atoms with van der Waals surface area (Å²) in [7, 11) is 1.64. The molecule has 0 fully saturated rings. The Labute approximate surface area is 145 Å². The number of imidazole rings is 1. The first kappa shape index (κ1) is 17.6. The molecule has 0 saturated carbocycles. The number of aromatic nitrogens is 5. The smallest absolute Gasteiger partial charge is 0.406 e. The summed E-state index contributed by atoms with van der Waals surface area (Å²) in [6.07, 6.45) is 0.882. The van der Waals surface area contributed by atoms with E-state index in [1.54, 1.807) is 14.0 Å². The van der Waals surface area contributed by atoms with Crippen molar-refractivity contribution in [2.45, 2.75) is 19.6 Å². The highest BCUT2D eigenvalue weighted by Crippen LogP contribution is 2.23. The summed E-state index contributed by atoms with van der Waals surface area (Å²) in [5, 5.41) is 14.0. The maximum Gasteiger partial charge on any atom is 0.406 e. The van der Waals surface area contributed by atoms with Gasteiger partial charge in [-0.05, 0) is 25.1 Å². The lowest BCUT2D eigenvalue weighted by Crippen LogP contribution is -2.17. The fourth-order valence-corrected chi connectivity index (χ4v) is 2.68. The number of carboxylic acids is 1. The van der Waals surface area contributed by atoms with Crippen LogP contribution in [0.2, 0.25) is 0 Å². The van der Waals surface area contributed by atoms with Gasteiger partial charge >= 0.3 is 12.1 Å². The molecule has 0 unspecified atom stereocenters. The van der Waals surface area contributed by atoms with E-state index >= 15 is 0 Å². The number of carbonyl (C=O) groups is 1. The Bertz CT molecular complexity index is 1020. The second-order valence-corrected chi connectivity index (χ2v) is 5.67. The summed E-state index contributed by atoms with van der Waals surface area (Å²) in [6.45, 7) is 0.514. The number of hydrogen-bond donors (Lipinski definition) is 1. The van der Waals surface area contributed by atoms with Crippen LogP contribution in [0.4, 0.5) is 13.2 Å². The number of carboxylic acid groups (broad SMARTS) is 1. The van der Waals surface area contributed by atoms with Crippen LogP contribution in [0.25, 0.3) is 23.2 Å². The minimum Gasteiger partial charge on any atom is -0.478 e. The van der Waals surface area contributed by atoms with Crippen LogP contribution >= 0.6 is 0 Å². The molecular weight excluding hydrogens is 351 g/mol. The summed E-state index contributed by atoms with van der Waals surface area (Å²) in [5.41, 5.74) is 1.21. The molecule has 0 atom stereocenters. The zero-order valence-corrected chi connectivity index (χ0v) is 13.8. The number of rotatable bonds is 4. The molecular formula is C16H14F3N5O2. The molecule has 0 aliphatic carbocycles. The number of aryl methyl sites for hydroxylation is 2. The third-order valence-corrected chi connectivity index (χ3v) is 3.72. The van der Waals surface area contributed by atoms with E-state index in [4.69, 9.17) is 0 Å². The van der Waals surface area contributed by atoms with E-state index in [-0.39, 0.29) is 17.1 Å². The molecule has 0 spiro atoms. The van der Waals surface area contributed by atoms with Crippen molar-refractivity contribution in [2.24, 2.45) is 7.05 Å². The van der Waals surface area contributed by atoms with Gasteiger partial charge in [0.25, 0.3) is 0 Å². The molecule has 3 aromatic heterocycles. The molecule has 0 radical (unpaired) electrons. The van der Waals surface area contributed by atoms with Crippen molar-refractivity contribution in [3.05, 3.63) is 41.2 Å². The number of pyridine rings is 1. The molecule has 3 rings (SSSR count). The van der Waals surface area contributed by atoms with Gasteiger partial charge in [-0.1, -0.05) is 0 Å². The fraction of sp³-hybridized carbons (Fsp3) is 0.250. The highest BCUT2D eigenvalue weighted by molar-refractivity contribution is 6.03. The van der Waals surface area contributed by atoms with Gasteiger partial charge in [-0.25, -0.2) is 14.8 Å². The molecule has 0 amide bonds. The van der Waals surface area contributed by atoms with Crippen LogP contribution in [0.3, 0.4) is 0 Å². The lowest BCUT2D eigenvalue weighted by Gasteiger charge is -2.08. The minimum absolute atomic E-state index is 0.0267. The van der Waals surface area contributed by atoms with Crippen LogP contribution in [-0.2, 0) is 13.6 Å². The quantitative estimate of drug-likeness (QED) is 0.768. The van der Waals surface area contributed by atoms with Gasteiger partial charge in [0.15, 0.2) is 5.65 Å². The molecule has 136 valence electrons. The van der Waals surface area contributed by atoms with Gasteiger partial charge in [0.1, 0.15) is 12.4 Å². The lowest BCUT2D eigenvalue weighted by molar-refractivity contribution is -0.140. The standard InChI is InChI=1S/C16H14F3N5O2/c1-9-13-11(15(25)26)7-10(21-14(13)23(2)22-9)3-4-12-20-5-6-24(12)8-16(17,18)19/h3-7H,8H2,1-2H3,(H,25,26). The maximum atomic E-state index is 12.6. The molecule has 7 nitrogen and oxygen atoms in total. The van der Waals surface area contributed by atoms with E-state index in [1.165, 1.54) is 35.3 Å². The zero-order valence-electron chi connectivity index (χ0n) is 13.8. The normalized spacial score (nSPS) is 12.3. The van der Waals surface area contributed by atoms with Gasteiger partial charge in [0.05, 0.1) is 22.3 Å². The number of nitrogens with zero attached hydrogens (tertiary/aromatic N) is 5. The molecule has 0 aliphatic rings. The van der Waals surface area contributed by atoms with Gasteiger partial charge in [0.2, 0.25) is 0 Å². The summed E-state index contributed by atoms with van der Waals surface area (Å²) in [4.78, 5) is 19.7. The largest absolute Gasteiger partial charge is 0.478 e. The van der Waals surface area contributed by atoms with E-state index < -0.39 is 18.7 Å². The van der Waals surface area contributed by atoms with E-state index in [0.29, 0.717) is 16.7 Å². The molecule has 0 bridgehead atoms. The summed E-state index contributed by atoms with van der Waals surface area (Å²) in [6, 6.07) is 1.35. The Morgan fingerprint density at radius 2 is 2.08 bits per heavy atom. The first-order valence-corrected chi connectivity index (χ1v) is 7.49. The van der Waals surface area contributed by atoms with Crippen molar-refractivity contribution in [1.82, 2.24) is 24.3 Å². The number of alkyl halides is 3. The molecule has 26 heavy (non-hydrogen) atoms. The first-order chi connectivity index (χ1) is 12.2. The number of hydrogen-bond acceptors (Lipinski definition) is 4. The van der Waals surface area contributed by atoms with Crippen molar-refractivity contribution in [2.75, 3.05) is 0 Å². The third kappa shape index (κ3) is 3.44. The van der Waals surface area contributed by atoms with Gasteiger partial charge in [-0.3, -0.25) is 4.68 Å². The van der Waals surface area contributed by atoms with Crippen molar-refractivity contribution < 1.29 is 23.1 Å². The summed E-state index contributed by atoms with van der Waals surface area (Å²) >= 11 is 0. The van der Waals surface area contributed by atoms with Crippen molar-refractivity contribution >= 4 is 29.2 Å². The third-order valence-electron chi connectivity index (χ3n) is 3.72. The van der Waals surface area contributed by atoms with Crippen LogP contribution in [0.15, 0.2) is 18.5 Å². The minimum atomic E-state index is -4.37. The number of halogens is 3. The van der Waals surface area contributed by atoms with Crippen LogP contribution in [0.1, 0.15) is 27.6 Å². The summed E-state index contributed by atoms with van der Waals surface area (Å²) in [5.74, 6) is -1.05. The average molecular weight is 365 g/mol. The second-order valence-electron chi connectivity index (χ2n) is 5.67. The zero-order chi connectivity index (χ0) is 19.1. The molecule has 3 heterocycles. The Morgan fingerprint density at radius 1 is 1.35 bits per heavy atom. The molecule has 1 N–H and O–H groups in total. The van der Waals surface area contributed by atoms with E-state index in [1.807, 2.05) is 0 Å². The van der Waals surface area contributed by atoms with Crippen molar-refractivity contribution in [3.8, 4) is 0 Å². The molecule has 0 saturated heterocycles. The number of aromatic carboxylic acids is 1. The van der Waals surface area contributed by atoms with Gasteiger partial charge in [0, 0.05) is 19.4 Å². The Balaban J connectivity index is 2.02. The van der Waals surface area contributed by atoms with Gasteiger partial charge in [-0.15, -0.1) is 0 Å². The van der Waals surface area contributed by atoms with Crippen molar-refractivity contribution in [3.63, 3.8) is 0 Å². The second kappa shape index (κ2) is 6.28. The van der Waals surface area contributed by atoms with E-state index in [2.05, 4.69) is 15.1 Å². The number of fused-ring (bicyclic) bond motifs is 1. The van der Waals surface area contributed by atoms with E-state index in [0.717, 1.165) is 4.57 Å². The topological polar surface area (TPSA) is 85.8 Å². The fourth-order valence-electron chi connectivity index (χ4n) is 2.68. The molecule has 0 aliphatic heterocycles. The highest BCUT2D eigenvalue weighted by atomic mass is 19.4. The van der Waals surface area contributed by atoms with Gasteiger partial charge in [-0.2, -0.15) is 18.3 Å². The van der Waals surface area contributed by atoms with Crippen LogP contribution < -0.4 is 0 Å². The Hall–Kier alpha value is -3.17. The first-order valence-electron chi connectivity index (χ1n) is 7.49.